The predicted octanol–water partition coefficient (Wildman–Crippen LogP) is 10.5. The molecule has 0 unspecified atom stereocenters. The summed E-state index contributed by atoms with van der Waals surface area (Å²) < 4.78 is 53.3. The number of nitrogens with one attached hydrogen (secondary N) is 1. The molecule has 83 heavy (non-hydrogen) atoms. The first kappa shape index (κ1) is 60.9. The summed E-state index contributed by atoms with van der Waals surface area (Å²) in [5.74, 6) is -0.0685. The van der Waals surface area contributed by atoms with E-state index in [1.54, 1.807) is 81.1 Å². The van der Waals surface area contributed by atoms with Gasteiger partial charge in [0.2, 0.25) is 0 Å². The zero-order chi connectivity index (χ0) is 60.3. The van der Waals surface area contributed by atoms with E-state index in [2.05, 4.69) is 75.4 Å². The summed E-state index contributed by atoms with van der Waals surface area (Å²) in [5, 5.41) is 19.3. The Morgan fingerprint density at radius 2 is 0.880 bits per heavy atom. The number of nitrogens with two attached hydrogens (primary N) is 4. The van der Waals surface area contributed by atoms with E-state index < -0.39 is 24.6 Å². The van der Waals surface area contributed by atoms with Crippen LogP contribution in [0.4, 0.5) is 58.3 Å². The molecule has 20 nitrogen and oxygen atoms in total. The van der Waals surface area contributed by atoms with Crippen LogP contribution in [0.15, 0.2) is 141 Å². The molecule has 0 aliphatic heterocycles. The normalized spacial score (nSPS) is 10.0. The topological polar surface area (TPSA) is 302 Å². The van der Waals surface area contributed by atoms with Gasteiger partial charge in [-0.3, -0.25) is 9.97 Å². The lowest BCUT2D eigenvalue weighted by Crippen LogP contribution is -2.33. The van der Waals surface area contributed by atoms with E-state index in [0.29, 0.717) is 45.4 Å². The van der Waals surface area contributed by atoms with Crippen molar-refractivity contribution in [1.29, 1.82) is 0 Å². The van der Waals surface area contributed by atoms with E-state index in [1.165, 1.54) is 30.6 Å². The van der Waals surface area contributed by atoms with Gasteiger partial charge in [-0.15, -0.1) is 15.0 Å². The van der Waals surface area contributed by atoms with Crippen LogP contribution in [-0.4, -0.2) is 72.0 Å². The number of aromatic amines is 1. The summed E-state index contributed by atoms with van der Waals surface area (Å²) in [7, 11) is -1.77. The first-order valence-corrected chi connectivity index (χ1v) is 24.3. The quantitative estimate of drug-likeness (QED) is 0.0489. The molecular weight excluding hydrogens is 1070 g/mol. The van der Waals surface area contributed by atoms with Gasteiger partial charge in [0.15, 0.2) is 24.0 Å². The molecule has 0 bridgehead atoms. The average Bonchev–Trinajstić information content (AvgIpc) is 3.75. The highest BCUT2D eigenvalue weighted by Gasteiger charge is 2.17. The Morgan fingerprint density at radius 3 is 1.39 bits per heavy atom. The maximum Gasteiger partial charge on any atom is 0.491 e. The molecule has 25 heteroatoms. The van der Waals surface area contributed by atoms with Gasteiger partial charge in [0.1, 0.15) is 46.7 Å². The Labute approximate surface area is 473 Å². The lowest BCUT2D eigenvalue weighted by Gasteiger charge is -2.06. The summed E-state index contributed by atoms with van der Waals surface area (Å²) >= 11 is 0. The summed E-state index contributed by atoms with van der Waals surface area (Å²) in [6.07, 6.45) is 14.1. The minimum atomic E-state index is -1.77. The van der Waals surface area contributed by atoms with Crippen molar-refractivity contribution in [2.75, 3.05) is 22.9 Å². The van der Waals surface area contributed by atoms with E-state index in [-0.39, 0.29) is 45.7 Å². The molecule has 0 fully saturated rings. The Bertz CT molecular complexity index is 4200. The van der Waals surface area contributed by atoms with Gasteiger partial charge in [-0.25, -0.2) is 42.5 Å². The highest BCUT2D eigenvalue weighted by atomic mass is 19.1. The van der Waals surface area contributed by atoms with Crippen LogP contribution in [0.1, 0.15) is 28.1 Å². The van der Waals surface area contributed by atoms with Gasteiger partial charge in [-0.05, 0) is 124 Å². The maximum atomic E-state index is 13.7. The Hall–Kier alpha value is -11.3. The largest absolute Gasteiger partial charge is 0.491 e. The maximum absolute atomic E-state index is 13.7. The van der Waals surface area contributed by atoms with Crippen molar-refractivity contribution in [3.8, 4) is 33.4 Å². The SMILES string of the molecule is Cc1cc(-c2cccnc2N)c(F)cn1.Cc1cc(B(O)O)c(F)cn1.Cc1cccnc1N.[C-]#[N+]c1cc(-c2cc(C)cnc2N)c(F)cn1.[C-]#[N+]c1cc(-c2cccnc2N)c(F)cn1.[C-]#[N+]c1cc2c(cn1)[nH]c1ncc(C)cc12. The molecule has 11 heterocycles. The van der Waals surface area contributed by atoms with Crippen LogP contribution in [-0.2, 0) is 0 Å². The zero-order valence-electron chi connectivity index (χ0n) is 44.9. The lowest BCUT2D eigenvalue weighted by molar-refractivity contribution is 0.422. The van der Waals surface area contributed by atoms with Crippen molar-refractivity contribution >= 4 is 75.2 Å². The number of pyridine rings is 10. The minimum Gasteiger partial charge on any atom is -0.423 e. The lowest BCUT2D eigenvalue weighted by atomic mass is 9.80. The highest BCUT2D eigenvalue weighted by Crippen LogP contribution is 2.32. The second-order valence-corrected chi connectivity index (χ2v) is 17.6. The third-order valence-electron chi connectivity index (χ3n) is 11.4. The van der Waals surface area contributed by atoms with Crippen molar-refractivity contribution < 1.29 is 27.6 Å². The second kappa shape index (κ2) is 28.5. The predicted molar refractivity (Wildman–Crippen MR) is 312 cm³/mol. The summed E-state index contributed by atoms with van der Waals surface area (Å²) in [4.78, 5) is 51.5. The summed E-state index contributed by atoms with van der Waals surface area (Å²) in [6.45, 7) is 29.9. The van der Waals surface area contributed by atoms with Crippen LogP contribution in [0.3, 0.4) is 0 Å². The van der Waals surface area contributed by atoms with Gasteiger partial charge in [0.05, 0.1) is 17.9 Å². The fourth-order valence-electron chi connectivity index (χ4n) is 7.32. The minimum absolute atomic E-state index is 0.125. The van der Waals surface area contributed by atoms with Crippen molar-refractivity contribution in [2.24, 2.45) is 0 Å². The van der Waals surface area contributed by atoms with Gasteiger partial charge in [-0.2, -0.15) is 0 Å². The van der Waals surface area contributed by atoms with Crippen LogP contribution in [0.5, 0.6) is 0 Å². The summed E-state index contributed by atoms with van der Waals surface area (Å²) in [5.41, 5.74) is 30.8. The number of anilines is 4. The van der Waals surface area contributed by atoms with Crippen molar-refractivity contribution in [3.63, 3.8) is 0 Å². The Kier molecular flexibility index (Phi) is 20.9. The number of halogens is 4. The molecular formula is C58H49BF4N18O2. The zero-order valence-corrected chi connectivity index (χ0v) is 44.9. The van der Waals surface area contributed by atoms with Crippen LogP contribution >= 0.6 is 0 Å². The fraction of sp³-hybridized carbons (Fsp3) is 0.0862. The first-order chi connectivity index (χ1) is 39.7. The number of hydrogen-bond donors (Lipinski definition) is 7. The molecule has 0 saturated heterocycles. The average molecular weight is 1120 g/mol. The number of rotatable bonds is 4. The van der Waals surface area contributed by atoms with Crippen molar-refractivity contribution in [1.82, 2.24) is 54.8 Å². The molecule has 11 aromatic heterocycles. The molecule has 0 aliphatic rings. The number of nitrogens with zero attached hydrogens (tertiary/aromatic N) is 13. The highest BCUT2D eigenvalue weighted by molar-refractivity contribution is 6.58. The molecule has 0 atom stereocenters. The Morgan fingerprint density at radius 1 is 0.434 bits per heavy atom. The number of aromatic nitrogens is 11. The molecule has 11 N–H and O–H groups in total. The molecule has 11 aromatic rings. The van der Waals surface area contributed by atoms with Crippen LogP contribution in [0.25, 0.3) is 69.9 Å². The van der Waals surface area contributed by atoms with E-state index in [1.807, 2.05) is 39.1 Å². The molecule has 0 radical (unpaired) electrons. The van der Waals surface area contributed by atoms with Gasteiger partial charge in [0, 0.05) is 92.0 Å². The van der Waals surface area contributed by atoms with Gasteiger partial charge in [-0.1, -0.05) is 25.8 Å². The van der Waals surface area contributed by atoms with E-state index >= 15 is 0 Å². The van der Waals surface area contributed by atoms with Gasteiger partial charge < -0.3 is 52.5 Å². The number of nitrogen functional groups attached to an aromatic ring is 4. The number of fused-ring (bicyclic) bond motifs is 3. The molecule has 11 rings (SSSR count). The molecule has 0 amide bonds. The fourth-order valence-corrected chi connectivity index (χ4v) is 7.32. The van der Waals surface area contributed by atoms with E-state index in [9.17, 15) is 17.6 Å². The van der Waals surface area contributed by atoms with E-state index in [4.69, 9.17) is 52.7 Å². The third-order valence-corrected chi connectivity index (χ3v) is 11.4. The molecule has 0 saturated carbocycles. The second-order valence-electron chi connectivity index (χ2n) is 17.6. The third kappa shape index (κ3) is 16.4. The number of aryl methyl sites for hydroxylation is 5. The van der Waals surface area contributed by atoms with Crippen molar-refractivity contribution in [2.45, 2.75) is 34.6 Å². The van der Waals surface area contributed by atoms with E-state index in [0.717, 1.165) is 62.9 Å². The smallest absolute Gasteiger partial charge is 0.423 e. The molecule has 0 aromatic carbocycles. The Balaban J connectivity index is 0.000000162. The van der Waals surface area contributed by atoms with Crippen LogP contribution < -0.4 is 28.4 Å². The number of H-pyrrole nitrogens is 1. The molecule has 414 valence electrons. The van der Waals surface area contributed by atoms with Gasteiger partial charge in [0.25, 0.3) is 17.5 Å². The van der Waals surface area contributed by atoms with Crippen LogP contribution in [0, 0.1) is 77.6 Å². The molecule has 0 aliphatic carbocycles. The van der Waals surface area contributed by atoms with Crippen LogP contribution in [0.2, 0.25) is 0 Å². The molecule has 0 spiro atoms. The standard InChI is InChI=1S/C12H9FN4.C12H8N4.C11H7FN4.C11H10FN3.C6H7BFNO2.C6H8N2/c1-7-3-9(12(14)17-5-7)8-4-11(15-2)16-6-10(8)13;1-7-3-9-8-4-11(13-2)14-6-10(8)16-12(9)15-5-7;1-14-10-5-8(9(12)6-16-10)7-3-2-4-15-11(7)13;1-7-5-9(10(12)6-15-7)8-3-2-4-14-11(8)13;1-4-2-5(7(10)11)6(8)3-9-4;1-5-3-2-4-8-6(5)7/h3-6H,1H3,(H2,14,17);3-6H,1H3,(H,15,16);2-6H,(H2,13,15);2-6H,1H3,(H2,13,14);2-3,10-11H,1H3;2-4H,1H3,(H2,7,8). The van der Waals surface area contributed by atoms with Gasteiger partial charge >= 0.3 is 7.12 Å². The monoisotopic (exact) mass is 1120 g/mol. The first-order valence-electron chi connectivity index (χ1n) is 24.3. The van der Waals surface area contributed by atoms with Crippen molar-refractivity contribution in [3.05, 3.63) is 226 Å². The summed E-state index contributed by atoms with van der Waals surface area (Å²) in [6, 6.07) is 21.8. The number of hydrogen-bond acceptors (Lipinski definition) is 16.